The third kappa shape index (κ3) is 3.30. The minimum absolute atomic E-state index is 0.0609. The number of hydrogen-bond acceptors (Lipinski definition) is 6. The molecule has 0 fully saturated rings. The molecular formula is C19H23N7O2. The maximum atomic E-state index is 12.9. The number of nitrogens with zero attached hydrogens (tertiary/aromatic N) is 6. The monoisotopic (exact) mass is 381 g/mol. The zero-order valence-electron chi connectivity index (χ0n) is 16.2. The third-order valence-electron chi connectivity index (χ3n) is 4.98. The van der Waals surface area contributed by atoms with Gasteiger partial charge in [-0.25, -0.2) is 4.79 Å². The van der Waals surface area contributed by atoms with Crippen molar-refractivity contribution in [3.63, 3.8) is 0 Å². The Balaban J connectivity index is 1.51. The van der Waals surface area contributed by atoms with Gasteiger partial charge in [-0.15, -0.1) is 15.3 Å². The van der Waals surface area contributed by atoms with Crippen LogP contribution in [-0.4, -0.2) is 57.5 Å². The van der Waals surface area contributed by atoms with Gasteiger partial charge >= 0.3 is 6.03 Å². The summed E-state index contributed by atoms with van der Waals surface area (Å²) in [4.78, 5) is 17.0. The molecule has 0 unspecified atom stereocenters. The molecule has 0 spiro atoms. The van der Waals surface area contributed by atoms with E-state index in [-0.39, 0.29) is 18.6 Å². The molecule has 0 saturated carbocycles. The lowest BCUT2D eigenvalue weighted by atomic mass is 10.1. The molecule has 4 rings (SSSR count). The second kappa shape index (κ2) is 7.34. The molecule has 1 aromatic carbocycles. The summed E-state index contributed by atoms with van der Waals surface area (Å²) < 4.78 is 6.73. The lowest BCUT2D eigenvalue weighted by molar-refractivity contribution is 0.177. The highest BCUT2D eigenvalue weighted by molar-refractivity contribution is 5.75. The predicted molar refractivity (Wildman–Crippen MR) is 104 cm³/mol. The van der Waals surface area contributed by atoms with Gasteiger partial charge in [0.2, 0.25) is 5.88 Å². The number of aromatic nitrogens is 4. The topological polar surface area (TPSA) is 87.9 Å². The lowest BCUT2D eigenvalue weighted by Crippen LogP contribution is -2.46. The van der Waals surface area contributed by atoms with Crippen LogP contribution in [0.15, 0.2) is 36.4 Å². The van der Waals surface area contributed by atoms with Crippen LogP contribution in [0.1, 0.15) is 18.3 Å². The first-order chi connectivity index (χ1) is 13.6. The molecule has 2 aromatic heterocycles. The molecule has 9 heteroatoms. The number of methoxy groups -OCH3 is 1. The summed E-state index contributed by atoms with van der Waals surface area (Å²) >= 11 is 0. The van der Waals surface area contributed by atoms with Crippen LogP contribution in [0.2, 0.25) is 0 Å². The normalized spacial score (nSPS) is 16.6. The van der Waals surface area contributed by atoms with E-state index in [4.69, 9.17) is 4.74 Å². The lowest BCUT2D eigenvalue weighted by Gasteiger charge is -2.28. The summed E-state index contributed by atoms with van der Waals surface area (Å²) in [6.07, 6.45) is 0. The number of carbonyl (C=O) groups is 1. The number of ether oxygens (including phenoxy) is 1. The van der Waals surface area contributed by atoms with E-state index in [0.29, 0.717) is 23.9 Å². The largest absolute Gasteiger partial charge is 0.480 e. The maximum absolute atomic E-state index is 12.9. The first kappa shape index (κ1) is 18.0. The van der Waals surface area contributed by atoms with Gasteiger partial charge in [-0.05, 0) is 24.6 Å². The van der Waals surface area contributed by atoms with Crippen molar-refractivity contribution in [2.75, 3.05) is 25.6 Å². The fourth-order valence-corrected chi connectivity index (χ4v) is 3.51. The average molecular weight is 381 g/mol. The number of amides is 2. The summed E-state index contributed by atoms with van der Waals surface area (Å²) in [7, 11) is 3.60. The first-order valence-electron chi connectivity index (χ1n) is 9.15. The molecule has 0 bridgehead atoms. The Morgan fingerprint density at radius 2 is 2.07 bits per heavy atom. The Kier molecular flexibility index (Phi) is 4.72. The molecule has 0 saturated heterocycles. The van der Waals surface area contributed by atoms with E-state index in [2.05, 4.69) is 51.6 Å². The van der Waals surface area contributed by atoms with E-state index in [9.17, 15) is 4.79 Å². The Hall–Kier alpha value is -3.36. The number of hydrogen-bond donors (Lipinski definition) is 1. The van der Waals surface area contributed by atoms with Gasteiger partial charge in [0.25, 0.3) is 0 Å². The molecule has 1 atom stereocenters. The smallest absolute Gasteiger partial charge is 0.318 e. The quantitative estimate of drug-likeness (QED) is 0.743. The van der Waals surface area contributed by atoms with Gasteiger partial charge in [0, 0.05) is 37.9 Å². The van der Waals surface area contributed by atoms with Gasteiger partial charge in [-0.3, -0.25) is 0 Å². The SMILES string of the molecule is COc1ccc2nnc(CNC(=O)N3Cc4ccccc4N(C)C[C@@H]3C)n2n1. The van der Waals surface area contributed by atoms with Crippen LogP contribution in [0.5, 0.6) is 5.88 Å². The molecule has 146 valence electrons. The second-order valence-electron chi connectivity index (χ2n) is 6.91. The zero-order valence-corrected chi connectivity index (χ0v) is 16.2. The number of nitrogens with one attached hydrogen (secondary N) is 1. The van der Waals surface area contributed by atoms with Gasteiger partial charge in [-0.2, -0.15) is 4.52 Å². The summed E-state index contributed by atoms with van der Waals surface area (Å²) in [6.45, 7) is 3.60. The van der Waals surface area contributed by atoms with Crippen molar-refractivity contribution < 1.29 is 9.53 Å². The number of fused-ring (bicyclic) bond motifs is 2. The summed E-state index contributed by atoms with van der Waals surface area (Å²) in [5.41, 5.74) is 2.89. The van der Waals surface area contributed by atoms with Crippen molar-refractivity contribution in [1.29, 1.82) is 0 Å². The number of rotatable bonds is 3. The maximum Gasteiger partial charge on any atom is 0.318 e. The molecule has 2 amide bonds. The fraction of sp³-hybridized carbons (Fsp3) is 0.368. The van der Waals surface area contributed by atoms with Crippen LogP contribution in [0.4, 0.5) is 10.5 Å². The first-order valence-corrected chi connectivity index (χ1v) is 9.15. The van der Waals surface area contributed by atoms with Crippen LogP contribution in [0.25, 0.3) is 5.65 Å². The highest BCUT2D eigenvalue weighted by atomic mass is 16.5. The van der Waals surface area contributed by atoms with E-state index in [1.165, 1.54) is 0 Å². The standard InChI is InChI=1S/C19H23N7O2/c1-13-11-24(2)15-7-5-4-6-14(15)12-25(13)19(27)20-10-17-22-21-16-8-9-18(28-3)23-26(16)17/h4-9,13H,10-12H2,1-3H3,(H,20,27)/t13-/m0/s1. The van der Waals surface area contributed by atoms with Crippen LogP contribution in [0.3, 0.4) is 0 Å². The van der Waals surface area contributed by atoms with Crippen LogP contribution in [0, 0.1) is 0 Å². The van der Waals surface area contributed by atoms with E-state index in [1.54, 1.807) is 23.8 Å². The van der Waals surface area contributed by atoms with E-state index < -0.39 is 0 Å². The van der Waals surface area contributed by atoms with Crippen molar-refractivity contribution in [1.82, 2.24) is 30.0 Å². The van der Waals surface area contributed by atoms with Crippen molar-refractivity contribution in [2.24, 2.45) is 0 Å². The van der Waals surface area contributed by atoms with Gasteiger partial charge in [0.15, 0.2) is 11.5 Å². The Bertz CT molecular complexity index is 1000. The van der Waals surface area contributed by atoms with Crippen LogP contribution < -0.4 is 15.0 Å². The number of likely N-dealkylation sites (N-methyl/N-ethyl adjacent to an activating group) is 1. The molecule has 9 nitrogen and oxygen atoms in total. The average Bonchev–Trinajstić information content (AvgIpc) is 3.06. The van der Waals surface area contributed by atoms with Crippen molar-refractivity contribution in [3.8, 4) is 5.88 Å². The minimum atomic E-state index is -0.141. The predicted octanol–water partition coefficient (Wildman–Crippen LogP) is 1.68. The number of benzene rings is 1. The summed E-state index contributed by atoms with van der Waals surface area (Å²) in [5.74, 6) is 1.00. The fourth-order valence-electron chi connectivity index (χ4n) is 3.51. The molecule has 3 aromatic rings. The molecule has 28 heavy (non-hydrogen) atoms. The minimum Gasteiger partial charge on any atom is -0.480 e. The number of carbonyl (C=O) groups excluding carboxylic acids is 1. The van der Waals surface area contributed by atoms with Crippen molar-refractivity contribution in [3.05, 3.63) is 47.8 Å². The number of urea groups is 1. The van der Waals surface area contributed by atoms with E-state index >= 15 is 0 Å². The Morgan fingerprint density at radius 3 is 2.89 bits per heavy atom. The summed E-state index contributed by atoms with van der Waals surface area (Å²) in [5, 5.41) is 15.5. The third-order valence-corrected chi connectivity index (χ3v) is 4.98. The molecule has 0 radical (unpaired) electrons. The molecule has 1 aliphatic rings. The van der Waals surface area contributed by atoms with Gasteiger partial charge < -0.3 is 19.9 Å². The highest BCUT2D eigenvalue weighted by Gasteiger charge is 2.27. The van der Waals surface area contributed by atoms with Crippen molar-refractivity contribution in [2.45, 2.75) is 26.1 Å². The van der Waals surface area contributed by atoms with E-state index in [0.717, 1.165) is 17.8 Å². The van der Waals surface area contributed by atoms with Crippen LogP contribution >= 0.6 is 0 Å². The molecular weight excluding hydrogens is 358 g/mol. The zero-order chi connectivity index (χ0) is 19.7. The Labute approximate surface area is 162 Å². The molecule has 1 N–H and O–H groups in total. The molecule has 3 heterocycles. The van der Waals surface area contributed by atoms with Gasteiger partial charge in [0.05, 0.1) is 13.7 Å². The van der Waals surface area contributed by atoms with Gasteiger partial charge in [0.1, 0.15) is 0 Å². The van der Waals surface area contributed by atoms with Gasteiger partial charge in [-0.1, -0.05) is 18.2 Å². The highest BCUT2D eigenvalue weighted by Crippen LogP contribution is 2.26. The van der Waals surface area contributed by atoms with Crippen molar-refractivity contribution >= 4 is 17.4 Å². The van der Waals surface area contributed by atoms with E-state index in [1.807, 2.05) is 17.0 Å². The van der Waals surface area contributed by atoms with Crippen LogP contribution in [-0.2, 0) is 13.1 Å². The molecule has 1 aliphatic heterocycles. The molecule has 0 aliphatic carbocycles. The second-order valence-corrected chi connectivity index (χ2v) is 6.91. The summed E-state index contributed by atoms with van der Waals surface area (Å²) in [6, 6.07) is 11.6. The number of para-hydroxylation sites is 1. The Morgan fingerprint density at radius 1 is 1.25 bits per heavy atom. The number of anilines is 1.